The van der Waals surface area contributed by atoms with Gasteiger partial charge in [-0.1, -0.05) is 13.8 Å². The normalized spacial score (nSPS) is 22.8. The largest absolute Gasteiger partial charge is 0.462 e. The van der Waals surface area contributed by atoms with Gasteiger partial charge in [0.2, 0.25) is 0 Å². The highest BCUT2D eigenvalue weighted by molar-refractivity contribution is 5.71. The third kappa shape index (κ3) is 5.53. The Kier molecular flexibility index (Phi) is 5.96. The summed E-state index contributed by atoms with van der Waals surface area (Å²) in [6.07, 6.45) is 3.72. The van der Waals surface area contributed by atoms with Crippen LogP contribution in [0, 0.1) is 11.8 Å². The topological polar surface area (TPSA) is 29.5 Å². The van der Waals surface area contributed by atoms with Gasteiger partial charge in [0.05, 0.1) is 12.6 Å². The lowest BCUT2D eigenvalue weighted by atomic mass is 9.89. The van der Waals surface area contributed by atoms with Crippen molar-refractivity contribution in [2.24, 2.45) is 11.8 Å². The fourth-order valence-electron chi connectivity index (χ4n) is 2.49. The van der Waals surface area contributed by atoms with Crippen molar-refractivity contribution in [1.29, 1.82) is 0 Å². The molecule has 3 heteroatoms. The van der Waals surface area contributed by atoms with E-state index in [9.17, 15) is 4.79 Å². The Morgan fingerprint density at radius 2 is 1.94 bits per heavy atom. The number of carbonyl (C=O) groups excluding carboxylic acids is 1. The molecule has 0 aromatic rings. The van der Waals surface area contributed by atoms with E-state index < -0.39 is 0 Å². The van der Waals surface area contributed by atoms with E-state index in [0.717, 1.165) is 24.9 Å². The fraction of sp³-hybridized carbons (Fsp3) is 0.929. The number of carbonyl (C=O) groups is 1. The molecule has 1 heterocycles. The Hall–Kier alpha value is -0.570. The van der Waals surface area contributed by atoms with E-state index in [1.807, 2.05) is 13.8 Å². The minimum atomic E-state index is -0.0806. The van der Waals surface area contributed by atoms with Crippen LogP contribution in [-0.4, -0.2) is 36.6 Å². The molecule has 0 aliphatic carbocycles. The molecule has 0 spiro atoms. The average molecular weight is 241 g/mol. The van der Waals surface area contributed by atoms with Crippen molar-refractivity contribution in [3.63, 3.8) is 0 Å². The predicted octanol–water partition coefficient (Wildman–Crippen LogP) is 2.70. The van der Waals surface area contributed by atoms with Crippen LogP contribution in [0.2, 0.25) is 0 Å². The number of nitrogens with zero attached hydrogens (tertiary/aromatic N) is 1. The summed E-state index contributed by atoms with van der Waals surface area (Å²) >= 11 is 0. The molecule has 0 aromatic heterocycles. The van der Waals surface area contributed by atoms with Gasteiger partial charge in [-0.15, -0.1) is 0 Å². The molecule has 0 radical (unpaired) electrons. The second kappa shape index (κ2) is 7.00. The second-order valence-electron chi connectivity index (χ2n) is 5.75. The lowest BCUT2D eigenvalue weighted by Gasteiger charge is -2.20. The summed E-state index contributed by atoms with van der Waals surface area (Å²) in [4.78, 5) is 13.8. The zero-order chi connectivity index (χ0) is 12.8. The first-order valence-corrected chi connectivity index (χ1v) is 6.91. The summed E-state index contributed by atoms with van der Waals surface area (Å²) in [7, 11) is 0. The molecular weight excluding hydrogens is 214 g/mol. The zero-order valence-electron chi connectivity index (χ0n) is 11.7. The molecule has 1 atom stereocenters. The number of likely N-dealkylation sites (tertiary alicyclic amines) is 1. The molecule has 0 N–H and O–H groups in total. The van der Waals surface area contributed by atoms with Crippen molar-refractivity contribution in [2.75, 3.05) is 19.6 Å². The van der Waals surface area contributed by atoms with Crippen molar-refractivity contribution < 1.29 is 9.53 Å². The molecule has 1 saturated heterocycles. The van der Waals surface area contributed by atoms with Crippen LogP contribution < -0.4 is 0 Å². The molecule has 0 aromatic carbocycles. The van der Waals surface area contributed by atoms with Crippen LogP contribution in [0.4, 0.5) is 0 Å². The number of hydrogen-bond acceptors (Lipinski definition) is 3. The van der Waals surface area contributed by atoms with E-state index >= 15 is 0 Å². The molecule has 1 aliphatic rings. The van der Waals surface area contributed by atoms with Gasteiger partial charge in [-0.3, -0.25) is 9.69 Å². The van der Waals surface area contributed by atoms with Gasteiger partial charge in [-0.2, -0.15) is 0 Å². The third-order valence-electron chi connectivity index (χ3n) is 3.53. The molecule has 0 amide bonds. The maximum absolute atomic E-state index is 11.6. The molecule has 1 unspecified atom stereocenters. The van der Waals surface area contributed by atoms with Crippen molar-refractivity contribution >= 4 is 5.97 Å². The van der Waals surface area contributed by atoms with Gasteiger partial charge in [0.1, 0.15) is 0 Å². The van der Waals surface area contributed by atoms with Gasteiger partial charge in [0.25, 0.3) is 0 Å². The van der Waals surface area contributed by atoms with Gasteiger partial charge < -0.3 is 4.74 Å². The van der Waals surface area contributed by atoms with E-state index in [1.54, 1.807) is 0 Å². The molecule has 1 fully saturated rings. The first-order chi connectivity index (χ1) is 7.99. The van der Waals surface area contributed by atoms with Crippen LogP contribution >= 0.6 is 0 Å². The summed E-state index contributed by atoms with van der Waals surface area (Å²) in [5.41, 5.74) is 0. The van der Waals surface area contributed by atoms with Gasteiger partial charge in [0, 0.05) is 0 Å². The Labute approximate surface area is 106 Å². The summed E-state index contributed by atoms with van der Waals surface area (Å²) in [6, 6.07) is 0. The van der Waals surface area contributed by atoms with Crippen LogP contribution in [-0.2, 0) is 9.53 Å². The number of esters is 1. The second-order valence-corrected chi connectivity index (χ2v) is 5.75. The van der Waals surface area contributed by atoms with Crippen molar-refractivity contribution in [2.45, 2.75) is 53.1 Å². The van der Waals surface area contributed by atoms with E-state index in [0.29, 0.717) is 6.54 Å². The first kappa shape index (κ1) is 14.5. The van der Waals surface area contributed by atoms with Gasteiger partial charge in [-0.25, -0.2) is 0 Å². The highest BCUT2D eigenvalue weighted by atomic mass is 16.5. The minimum Gasteiger partial charge on any atom is -0.462 e. The SMILES string of the molecule is CC(C)OC(=O)CN1CCCC(C(C)C)CC1. The van der Waals surface area contributed by atoms with E-state index in [2.05, 4.69) is 18.7 Å². The summed E-state index contributed by atoms with van der Waals surface area (Å²) in [5.74, 6) is 1.50. The maximum Gasteiger partial charge on any atom is 0.320 e. The fourth-order valence-corrected chi connectivity index (χ4v) is 2.49. The quantitative estimate of drug-likeness (QED) is 0.709. The monoisotopic (exact) mass is 241 g/mol. The van der Waals surface area contributed by atoms with Crippen LogP contribution in [0.25, 0.3) is 0 Å². The Morgan fingerprint density at radius 3 is 2.53 bits per heavy atom. The smallest absolute Gasteiger partial charge is 0.320 e. The predicted molar refractivity (Wildman–Crippen MR) is 69.8 cm³/mol. The van der Waals surface area contributed by atoms with E-state index in [1.165, 1.54) is 19.3 Å². The summed E-state index contributed by atoms with van der Waals surface area (Å²) < 4.78 is 5.19. The Morgan fingerprint density at radius 1 is 1.24 bits per heavy atom. The molecule has 3 nitrogen and oxygen atoms in total. The summed E-state index contributed by atoms with van der Waals surface area (Å²) in [6.45, 7) is 10.9. The highest BCUT2D eigenvalue weighted by Gasteiger charge is 2.21. The van der Waals surface area contributed by atoms with Crippen molar-refractivity contribution in [3.05, 3.63) is 0 Å². The van der Waals surface area contributed by atoms with Gasteiger partial charge in [-0.05, 0) is 58.0 Å². The zero-order valence-corrected chi connectivity index (χ0v) is 11.7. The lowest BCUT2D eigenvalue weighted by Crippen LogP contribution is -2.33. The van der Waals surface area contributed by atoms with Crippen LogP contribution in [0.15, 0.2) is 0 Å². The van der Waals surface area contributed by atoms with Crippen LogP contribution in [0.3, 0.4) is 0 Å². The Bertz CT molecular complexity index is 238. The number of rotatable bonds is 4. The third-order valence-corrected chi connectivity index (χ3v) is 3.53. The van der Waals surface area contributed by atoms with Crippen molar-refractivity contribution in [1.82, 2.24) is 4.90 Å². The molecule has 0 bridgehead atoms. The standard InChI is InChI=1S/C14H27NO2/c1-11(2)13-6-5-8-15(9-7-13)10-14(16)17-12(3)4/h11-13H,5-10H2,1-4H3. The average Bonchev–Trinajstić information content (AvgIpc) is 2.41. The molecule has 100 valence electrons. The highest BCUT2D eigenvalue weighted by Crippen LogP contribution is 2.24. The number of hydrogen-bond donors (Lipinski definition) is 0. The van der Waals surface area contributed by atoms with Gasteiger partial charge in [0.15, 0.2) is 0 Å². The van der Waals surface area contributed by atoms with Gasteiger partial charge >= 0.3 is 5.97 Å². The van der Waals surface area contributed by atoms with Crippen LogP contribution in [0.1, 0.15) is 47.0 Å². The maximum atomic E-state index is 11.6. The molecule has 0 saturated carbocycles. The van der Waals surface area contributed by atoms with Crippen LogP contribution in [0.5, 0.6) is 0 Å². The Balaban J connectivity index is 2.33. The van der Waals surface area contributed by atoms with Crippen molar-refractivity contribution in [3.8, 4) is 0 Å². The van der Waals surface area contributed by atoms with E-state index in [-0.39, 0.29) is 12.1 Å². The van der Waals surface area contributed by atoms with E-state index in [4.69, 9.17) is 4.74 Å². The molecule has 17 heavy (non-hydrogen) atoms. The number of ether oxygens (including phenoxy) is 1. The summed E-state index contributed by atoms with van der Waals surface area (Å²) in [5, 5.41) is 0. The first-order valence-electron chi connectivity index (χ1n) is 6.91. The molecule has 1 rings (SSSR count). The molecular formula is C14H27NO2. The minimum absolute atomic E-state index is 0.00195. The molecule has 1 aliphatic heterocycles. The lowest BCUT2D eigenvalue weighted by molar-refractivity contribution is -0.148.